The largest absolute Gasteiger partial charge is 0.508 e. The SMILES string of the molecule is Cc1ncc(-c2ccc(O)cc2)c(C(=O)O)n1. The first kappa shape index (κ1) is 11.1. The van der Waals surface area contributed by atoms with Gasteiger partial charge in [-0.15, -0.1) is 0 Å². The number of rotatable bonds is 2. The molecule has 1 heterocycles. The lowest BCUT2D eigenvalue weighted by Crippen LogP contribution is -2.05. The second-order valence-corrected chi connectivity index (χ2v) is 3.53. The van der Waals surface area contributed by atoms with Crippen molar-refractivity contribution in [2.45, 2.75) is 6.92 Å². The van der Waals surface area contributed by atoms with Crippen LogP contribution in [0.25, 0.3) is 11.1 Å². The highest BCUT2D eigenvalue weighted by atomic mass is 16.4. The first-order valence-electron chi connectivity index (χ1n) is 4.94. The second kappa shape index (κ2) is 4.21. The van der Waals surface area contributed by atoms with Gasteiger partial charge in [0.25, 0.3) is 0 Å². The zero-order chi connectivity index (χ0) is 12.4. The van der Waals surface area contributed by atoms with E-state index in [9.17, 15) is 9.90 Å². The lowest BCUT2D eigenvalue weighted by Gasteiger charge is -2.05. The molecule has 5 heteroatoms. The van der Waals surface area contributed by atoms with E-state index >= 15 is 0 Å². The number of aryl methyl sites for hydroxylation is 1. The molecule has 0 aliphatic carbocycles. The number of aromatic carboxylic acids is 1. The van der Waals surface area contributed by atoms with E-state index in [4.69, 9.17) is 5.11 Å². The van der Waals surface area contributed by atoms with Crippen LogP contribution in [-0.2, 0) is 0 Å². The molecule has 0 aliphatic rings. The molecule has 2 rings (SSSR count). The van der Waals surface area contributed by atoms with Crippen LogP contribution in [-0.4, -0.2) is 26.2 Å². The lowest BCUT2D eigenvalue weighted by atomic mass is 10.1. The summed E-state index contributed by atoms with van der Waals surface area (Å²) in [5.41, 5.74) is 1.05. The third kappa shape index (κ3) is 2.23. The number of aromatic nitrogens is 2. The molecule has 17 heavy (non-hydrogen) atoms. The van der Waals surface area contributed by atoms with Gasteiger partial charge in [0.15, 0.2) is 5.69 Å². The molecule has 0 aliphatic heterocycles. The van der Waals surface area contributed by atoms with E-state index in [1.165, 1.54) is 18.3 Å². The van der Waals surface area contributed by atoms with Gasteiger partial charge in [0.05, 0.1) is 0 Å². The van der Waals surface area contributed by atoms with Crippen LogP contribution >= 0.6 is 0 Å². The Hall–Kier alpha value is -2.43. The van der Waals surface area contributed by atoms with E-state index in [1.54, 1.807) is 19.1 Å². The average Bonchev–Trinajstić information content (AvgIpc) is 2.30. The summed E-state index contributed by atoms with van der Waals surface area (Å²) in [6.07, 6.45) is 1.47. The van der Waals surface area contributed by atoms with Crippen molar-refractivity contribution in [2.24, 2.45) is 0 Å². The smallest absolute Gasteiger partial charge is 0.355 e. The fourth-order valence-corrected chi connectivity index (χ4v) is 1.49. The van der Waals surface area contributed by atoms with E-state index in [2.05, 4.69) is 9.97 Å². The van der Waals surface area contributed by atoms with Gasteiger partial charge in [-0.2, -0.15) is 0 Å². The van der Waals surface area contributed by atoms with Gasteiger partial charge in [-0.25, -0.2) is 14.8 Å². The van der Waals surface area contributed by atoms with E-state index in [0.717, 1.165) is 0 Å². The zero-order valence-electron chi connectivity index (χ0n) is 9.08. The van der Waals surface area contributed by atoms with Crippen LogP contribution in [0.4, 0.5) is 0 Å². The number of carboxylic acid groups (broad SMARTS) is 1. The summed E-state index contributed by atoms with van der Waals surface area (Å²) in [5.74, 6) is -0.567. The highest BCUT2D eigenvalue weighted by molar-refractivity contribution is 5.93. The summed E-state index contributed by atoms with van der Waals surface area (Å²) in [6.45, 7) is 1.63. The van der Waals surface area contributed by atoms with Crippen LogP contribution in [0.3, 0.4) is 0 Å². The third-order valence-corrected chi connectivity index (χ3v) is 2.29. The Morgan fingerprint density at radius 1 is 1.24 bits per heavy atom. The van der Waals surface area contributed by atoms with Crippen molar-refractivity contribution in [3.8, 4) is 16.9 Å². The Labute approximate surface area is 97.4 Å². The van der Waals surface area contributed by atoms with E-state index in [0.29, 0.717) is 17.0 Å². The molecule has 5 nitrogen and oxygen atoms in total. The summed E-state index contributed by atoms with van der Waals surface area (Å²) in [5, 5.41) is 18.2. The molecule has 0 unspecified atom stereocenters. The normalized spacial score (nSPS) is 10.2. The molecule has 0 saturated heterocycles. The first-order chi connectivity index (χ1) is 8.08. The number of phenols is 1. The monoisotopic (exact) mass is 230 g/mol. The minimum Gasteiger partial charge on any atom is -0.508 e. The van der Waals surface area contributed by atoms with Crippen molar-refractivity contribution in [3.05, 3.63) is 42.0 Å². The fraction of sp³-hybridized carbons (Fsp3) is 0.0833. The molecule has 0 atom stereocenters. The summed E-state index contributed by atoms with van der Waals surface area (Å²) in [6, 6.07) is 6.22. The molecule has 0 radical (unpaired) electrons. The number of hydrogen-bond acceptors (Lipinski definition) is 4. The number of nitrogens with zero attached hydrogens (tertiary/aromatic N) is 2. The van der Waals surface area contributed by atoms with Crippen LogP contribution in [0.2, 0.25) is 0 Å². The molecule has 0 spiro atoms. The molecule has 2 N–H and O–H groups in total. The van der Waals surface area contributed by atoms with Crippen molar-refractivity contribution in [1.29, 1.82) is 0 Å². The quantitative estimate of drug-likeness (QED) is 0.822. The van der Waals surface area contributed by atoms with Crippen LogP contribution in [0.5, 0.6) is 5.75 Å². The number of hydrogen-bond donors (Lipinski definition) is 2. The van der Waals surface area contributed by atoms with Crippen molar-refractivity contribution >= 4 is 5.97 Å². The fourth-order valence-electron chi connectivity index (χ4n) is 1.49. The maximum absolute atomic E-state index is 11.1. The maximum atomic E-state index is 11.1. The minimum absolute atomic E-state index is 0.0387. The number of benzene rings is 1. The van der Waals surface area contributed by atoms with Gasteiger partial charge in [0.1, 0.15) is 11.6 Å². The Morgan fingerprint density at radius 3 is 2.47 bits per heavy atom. The Bertz CT molecular complexity index is 564. The van der Waals surface area contributed by atoms with E-state index in [1.807, 2.05) is 0 Å². The minimum atomic E-state index is -1.10. The zero-order valence-corrected chi connectivity index (χ0v) is 9.08. The second-order valence-electron chi connectivity index (χ2n) is 3.53. The number of phenolic OH excluding ortho intramolecular Hbond substituents is 1. The molecule has 0 amide bonds. The molecular weight excluding hydrogens is 220 g/mol. The Morgan fingerprint density at radius 2 is 1.88 bits per heavy atom. The first-order valence-corrected chi connectivity index (χ1v) is 4.94. The van der Waals surface area contributed by atoms with E-state index in [-0.39, 0.29) is 11.4 Å². The van der Waals surface area contributed by atoms with Crippen LogP contribution in [0.1, 0.15) is 16.3 Å². The summed E-state index contributed by atoms with van der Waals surface area (Å²) < 4.78 is 0. The Kier molecular flexibility index (Phi) is 2.74. The molecule has 0 fully saturated rings. The van der Waals surface area contributed by atoms with Gasteiger partial charge < -0.3 is 10.2 Å². The van der Waals surface area contributed by atoms with Gasteiger partial charge in [-0.3, -0.25) is 0 Å². The summed E-state index contributed by atoms with van der Waals surface area (Å²) >= 11 is 0. The molecule has 2 aromatic rings. The predicted molar refractivity (Wildman–Crippen MR) is 60.8 cm³/mol. The summed E-state index contributed by atoms with van der Waals surface area (Å²) in [4.78, 5) is 19.0. The third-order valence-electron chi connectivity index (χ3n) is 2.29. The molecule has 1 aromatic heterocycles. The predicted octanol–water partition coefficient (Wildman–Crippen LogP) is 1.86. The molecular formula is C12H10N2O3. The van der Waals surface area contributed by atoms with Gasteiger partial charge in [-0.05, 0) is 24.6 Å². The maximum Gasteiger partial charge on any atom is 0.355 e. The highest BCUT2D eigenvalue weighted by Crippen LogP contribution is 2.23. The van der Waals surface area contributed by atoms with Crippen LogP contribution in [0, 0.1) is 6.92 Å². The van der Waals surface area contributed by atoms with Gasteiger partial charge in [0, 0.05) is 11.8 Å². The van der Waals surface area contributed by atoms with Gasteiger partial charge in [-0.1, -0.05) is 12.1 Å². The number of carboxylic acids is 1. The molecule has 1 aromatic carbocycles. The molecule has 0 bridgehead atoms. The van der Waals surface area contributed by atoms with Crippen molar-refractivity contribution in [3.63, 3.8) is 0 Å². The topological polar surface area (TPSA) is 83.3 Å². The molecule has 86 valence electrons. The lowest BCUT2D eigenvalue weighted by molar-refractivity contribution is 0.0691. The van der Waals surface area contributed by atoms with Crippen LogP contribution < -0.4 is 0 Å². The number of aromatic hydroxyl groups is 1. The highest BCUT2D eigenvalue weighted by Gasteiger charge is 2.14. The van der Waals surface area contributed by atoms with Crippen molar-refractivity contribution in [1.82, 2.24) is 9.97 Å². The van der Waals surface area contributed by atoms with Crippen LogP contribution in [0.15, 0.2) is 30.5 Å². The standard InChI is InChI=1S/C12H10N2O3/c1-7-13-6-10(11(14-7)12(16)17)8-2-4-9(15)5-3-8/h2-6,15H,1H3,(H,16,17). The number of carbonyl (C=O) groups is 1. The molecule has 0 saturated carbocycles. The Balaban J connectivity index is 2.58. The van der Waals surface area contributed by atoms with Crippen molar-refractivity contribution in [2.75, 3.05) is 0 Å². The van der Waals surface area contributed by atoms with E-state index < -0.39 is 5.97 Å². The van der Waals surface area contributed by atoms with Gasteiger partial charge in [0.2, 0.25) is 0 Å². The van der Waals surface area contributed by atoms with Crippen molar-refractivity contribution < 1.29 is 15.0 Å². The summed E-state index contributed by atoms with van der Waals surface area (Å²) in [7, 11) is 0. The van der Waals surface area contributed by atoms with Gasteiger partial charge >= 0.3 is 5.97 Å². The average molecular weight is 230 g/mol.